The third-order valence-electron chi connectivity index (χ3n) is 3.86. The fraction of sp³-hybridized carbons (Fsp3) is 0.200. The van der Waals surface area contributed by atoms with E-state index in [4.69, 9.17) is 9.47 Å². The van der Waals surface area contributed by atoms with Crippen LogP contribution < -0.4 is 14.8 Å². The van der Waals surface area contributed by atoms with E-state index in [1.165, 1.54) is 5.56 Å². The van der Waals surface area contributed by atoms with E-state index < -0.39 is 0 Å². The monoisotopic (exact) mass is 335 g/mol. The molecule has 0 aliphatic rings. The maximum absolute atomic E-state index is 5.89. The van der Waals surface area contributed by atoms with Gasteiger partial charge in [0.1, 0.15) is 5.75 Å². The van der Waals surface area contributed by atoms with Crippen molar-refractivity contribution in [1.82, 2.24) is 15.3 Å². The van der Waals surface area contributed by atoms with Crippen molar-refractivity contribution in [3.8, 4) is 17.2 Å². The largest absolute Gasteiger partial charge is 0.493 e. The van der Waals surface area contributed by atoms with Gasteiger partial charge in [0.25, 0.3) is 0 Å². The molecule has 5 nitrogen and oxygen atoms in total. The third-order valence-corrected chi connectivity index (χ3v) is 3.86. The van der Waals surface area contributed by atoms with Gasteiger partial charge in [-0.2, -0.15) is 0 Å². The van der Waals surface area contributed by atoms with Gasteiger partial charge in [0.15, 0.2) is 11.5 Å². The van der Waals surface area contributed by atoms with Gasteiger partial charge in [-0.15, -0.1) is 0 Å². The second-order valence-electron chi connectivity index (χ2n) is 5.63. The van der Waals surface area contributed by atoms with Gasteiger partial charge in [0, 0.05) is 31.2 Å². The molecule has 0 spiro atoms. The third kappa shape index (κ3) is 4.55. The number of nitrogens with zero attached hydrogens (tertiary/aromatic N) is 2. The molecule has 1 N–H and O–H groups in total. The van der Waals surface area contributed by atoms with Gasteiger partial charge in [0.2, 0.25) is 0 Å². The molecule has 0 saturated carbocycles. The lowest BCUT2D eigenvalue weighted by Crippen LogP contribution is -2.19. The summed E-state index contributed by atoms with van der Waals surface area (Å²) in [6, 6.07) is 15.7. The molecule has 0 bridgehead atoms. The minimum Gasteiger partial charge on any atom is -0.493 e. The standard InChI is InChI=1S/C20H21N3O2/c1-15(18-14-21-11-12-22-18)23-13-16-7-9-17(10-8-16)25-20-6-4-3-5-19(20)24-2/h3-12,14-15,23H,13H2,1-2H3/t15-/m1/s1. The number of hydrogen-bond acceptors (Lipinski definition) is 5. The highest BCUT2D eigenvalue weighted by molar-refractivity contribution is 5.43. The molecule has 128 valence electrons. The lowest BCUT2D eigenvalue weighted by molar-refractivity contribution is 0.379. The Morgan fingerprint density at radius 2 is 1.76 bits per heavy atom. The molecule has 0 radical (unpaired) electrons. The first-order valence-corrected chi connectivity index (χ1v) is 8.15. The first-order valence-electron chi connectivity index (χ1n) is 8.15. The second-order valence-corrected chi connectivity index (χ2v) is 5.63. The molecule has 2 aromatic carbocycles. The molecule has 0 aliphatic heterocycles. The molecule has 3 aromatic rings. The Bertz CT molecular complexity index is 792. The van der Waals surface area contributed by atoms with Crippen molar-refractivity contribution in [2.24, 2.45) is 0 Å². The fourth-order valence-corrected chi connectivity index (χ4v) is 2.42. The van der Waals surface area contributed by atoms with Crippen molar-refractivity contribution < 1.29 is 9.47 Å². The number of hydrogen-bond donors (Lipinski definition) is 1. The average Bonchev–Trinajstić information content (AvgIpc) is 2.68. The number of rotatable bonds is 7. The number of nitrogens with one attached hydrogen (secondary N) is 1. The summed E-state index contributed by atoms with van der Waals surface area (Å²) in [5.74, 6) is 2.19. The summed E-state index contributed by atoms with van der Waals surface area (Å²) in [5, 5.41) is 3.44. The predicted octanol–water partition coefficient (Wildman–Crippen LogP) is 4.13. The zero-order valence-electron chi connectivity index (χ0n) is 14.3. The molecule has 0 fully saturated rings. The molecule has 5 heteroatoms. The summed E-state index contributed by atoms with van der Waals surface area (Å²) < 4.78 is 11.2. The van der Waals surface area contributed by atoms with Crippen molar-refractivity contribution in [3.63, 3.8) is 0 Å². The highest BCUT2D eigenvalue weighted by atomic mass is 16.5. The summed E-state index contributed by atoms with van der Waals surface area (Å²) in [6.07, 6.45) is 5.16. The minimum absolute atomic E-state index is 0.137. The van der Waals surface area contributed by atoms with Gasteiger partial charge in [-0.05, 0) is 36.8 Å². The summed E-state index contributed by atoms with van der Waals surface area (Å²) in [7, 11) is 1.63. The molecular formula is C20H21N3O2. The number of para-hydroxylation sites is 2. The zero-order chi connectivity index (χ0) is 17.5. The summed E-state index contributed by atoms with van der Waals surface area (Å²) in [6.45, 7) is 2.82. The molecule has 1 heterocycles. The molecule has 1 atom stereocenters. The van der Waals surface area contributed by atoms with Gasteiger partial charge >= 0.3 is 0 Å². The Morgan fingerprint density at radius 1 is 1.00 bits per heavy atom. The topological polar surface area (TPSA) is 56.3 Å². The number of aromatic nitrogens is 2. The molecular weight excluding hydrogens is 314 g/mol. The lowest BCUT2D eigenvalue weighted by Gasteiger charge is -2.13. The van der Waals surface area contributed by atoms with E-state index in [2.05, 4.69) is 22.2 Å². The van der Waals surface area contributed by atoms with E-state index in [0.29, 0.717) is 11.5 Å². The van der Waals surface area contributed by atoms with E-state index in [1.54, 1.807) is 25.7 Å². The van der Waals surface area contributed by atoms with Gasteiger partial charge in [-0.25, -0.2) is 0 Å². The van der Waals surface area contributed by atoms with Crippen LogP contribution in [0.15, 0.2) is 67.1 Å². The highest BCUT2D eigenvalue weighted by Gasteiger charge is 2.07. The van der Waals surface area contributed by atoms with Gasteiger partial charge in [0.05, 0.1) is 12.8 Å². The minimum atomic E-state index is 0.137. The molecule has 0 amide bonds. The van der Waals surface area contributed by atoms with Gasteiger partial charge < -0.3 is 14.8 Å². The quantitative estimate of drug-likeness (QED) is 0.703. The van der Waals surface area contributed by atoms with Crippen molar-refractivity contribution in [2.45, 2.75) is 19.5 Å². The van der Waals surface area contributed by atoms with Crippen LogP contribution in [0.2, 0.25) is 0 Å². The van der Waals surface area contributed by atoms with Crippen LogP contribution >= 0.6 is 0 Å². The Labute approximate surface area is 147 Å². The van der Waals surface area contributed by atoms with E-state index >= 15 is 0 Å². The van der Waals surface area contributed by atoms with Crippen LogP contribution in [0.1, 0.15) is 24.2 Å². The second kappa shape index (κ2) is 8.26. The SMILES string of the molecule is COc1ccccc1Oc1ccc(CN[C@H](C)c2cnccn2)cc1. The molecule has 0 saturated heterocycles. The molecule has 0 aliphatic carbocycles. The first-order chi connectivity index (χ1) is 12.3. The zero-order valence-corrected chi connectivity index (χ0v) is 14.3. The summed E-state index contributed by atoms with van der Waals surface area (Å²) >= 11 is 0. The normalized spacial score (nSPS) is 11.8. The van der Waals surface area contributed by atoms with Crippen LogP contribution in [0.25, 0.3) is 0 Å². The molecule has 25 heavy (non-hydrogen) atoms. The Kier molecular flexibility index (Phi) is 5.59. The smallest absolute Gasteiger partial charge is 0.169 e. The van der Waals surface area contributed by atoms with Crippen molar-refractivity contribution in [2.75, 3.05) is 7.11 Å². The maximum Gasteiger partial charge on any atom is 0.169 e. The van der Waals surface area contributed by atoms with Gasteiger partial charge in [-0.1, -0.05) is 24.3 Å². The summed E-state index contributed by atoms with van der Waals surface area (Å²) in [5.41, 5.74) is 2.10. The van der Waals surface area contributed by atoms with Crippen LogP contribution in [0.3, 0.4) is 0 Å². The van der Waals surface area contributed by atoms with Gasteiger partial charge in [-0.3, -0.25) is 9.97 Å². The Morgan fingerprint density at radius 3 is 2.44 bits per heavy atom. The van der Waals surface area contributed by atoms with E-state index in [0.717, 1.165) is 18.0 Å². The van der Waals surface area contributed by atoms with Crippen LogP contribution in [-0.4, -0.2) is 17.1 Å². The number of benzene rings is 2. The van der Waals surface area contributed by atoms with Crippen LogP contribution in [0.4, 0.5) is 0 Å². The fourth-order valence-electron chi connectivity index (χ4n) is 2.42. The number of ether oxygens (including phenoxy) is 2. The average molecular weight is 335 g/mol. The van der Waals surface area contributed by atoms with E-state index in [1.807, 2.05) is 48.5 Å². The van der Waals surface area contributed by atoms with E-state index in [-0.39, 0.29) is 6.04 Å². The Balaban J connectivity index is 1.59. The molecule has 0 unspecified atom stereocenters. The van der Waals surface area contributed by atoms with Crippen LogP contribution in [0, 0.1) is 0 Å². The summed E-state index contributed by atoms with van der Waals surface area (Å²) in [4.78, 5) is 8.41. The van der Waals surface area contributed by atoms with Crippen molar-refractivity contribution in [3.05, 3.63) is 78.4 Å². The van der Waals surface area contributed by atoms with Crippen LogP contribution in [-0.2, 0) is 6.54 Å². The first kappa shape index (κ1) is 16.9. The van der Waals surface area contributed by atoms with Crippen molar-refractivity contribution >= 4 is 0 Å². The Hall–Kier alpha value is -2.92. The number of methoxy groups -OCH3 is 1. The maximum atomic E-state index is 5.89. The molecule has 3 rings (SSSR count). The van der Waals surface area contributed by atoms with Crippen molar-refractivity contribution in [1.29, 1.82) is 0 Å². The highest BCUT2D eigenvalue weighted by Crippen LogP contribution is 2.30. The van der Waals surface area contributed by atoms with Crippen LogP contribution in [0.5, 0.6) is 17.2 Å². The van der Waals surface area contributed by atoms with E-state index in [9.17, 15) is 0 Å². The lowest BCUT2D eigenvalue weighted by atomic mass is 10.2. The molecule has 1 aromatic heterocycles. The predicted molar refractivity (Wildman–Crippen MR) is 96.8 cm³/mol.